The number of rotatable bonds is 4. The highest BCUT2D eigenvalue weighted by molar-refractivity contribution is 6.31. The highest BCUT2D eigenvalue weighted by Crippen LogP contribution is 2.31. The summed E-state index contributed by atoms with van der Waals surface area (Å²) < 4.78 is 1.67. The van der Waals surface area contributed by atoms with Gasteiger partial charge in [0.2, 0.25) is 5.91 Å². The number of aromatic nitrogens is 4. The molecule has 168 valence electrons. The summed E-state index contributed by atoms with van der Waals surface area (Å²) in [6.07, 6.45) is 3.15. The molecule has 1 amide bonds. The molecule has 2 aliphatic heterocycles. The van der Waals surface area contributed by atoms with E-state index in [9.17, 15) is 4.79 Å². The number of amides is 1. The number of nitrogens with one attached hydrogen (secondary N) is 1. The summed E-state index contributed by atoms with van der Waals surface area (Å²) in [5.41, 5.74) is 2.56. The van der Waals surface area contributed by atoms with Gasteiger partial charge in [-0.15, -0.1) is 15.3 Å². The predicted molar refractivity (Wildman–Crippen MR) is 126 cm³/mol. The van der Waals surface area contributed by atoms with Gasteiger partial charge in [-0.1, -0.05) is 11.6 Å². The largest absolute Gasteiger partial charge is 0.367 e. The lowest BCUT2D eigenvalue weighted by molar-refractivity contribution is -0.120. The minimum atomic E-state index is -0.0378. The Kier molecular flexibility index (Phi) is 5.84. The van der Waals surface area contributed by atoms with Crippen molar-refractivity contribution in [1.29, 1.82) is 0 Å². The molecule has 1 N–H and O–H groups in total. The number of carbonyl (C=O) groups excluding carboxylic acids is 1. The summed E-state index contributed by atoms with van der Waals surface area (Å²) in [5, 5.41) is 16.2. The summed E-state index contributed by atoms with van der Waals surface area (Å²) in [4.78, 5) is 20.0. The Morgan fingerprint density at radius 3 is 2.59 bits per heavy atom. The lowest BCUT2D eigenvalue weighted by Gasteiger charge is -2.35. The van der Waals surface area contributed by atoms with Crippen molar-refractivity contribution < 1.29 is 4.79 Å². The van der Waals surface area contributed by atoms with Crippen LogP contribution in [-0.4, -0.2) is 76.9 Å². The summed E-state index contributed by atoms with van der Waals surface area (Å²) in [6, 6.07) is 9.63. The summed E-state index contributed by atoms with van der Waals surface area (Å²) in [7, 11) is 2.13. The van der Waals surface area contributed by atoms with Crippen LogP contribution in [0.15, 0.2) is 36.7 Å². The quantitative estimate of drug-likeness (QED) is 0.648. The first-order valence-electron chi connectivity index (χ1n) is 11.0. The Morgan fingerprint density at radius 2 is 1.81 bits per heavy atom. The molecular formula is C22H27ClN8O. The summed E-state index contributed by atoms with van der Waals surface area (Å²) >= 11 is 6.27. The van der Waals surface area contributed by atoms with Gasteiger partial charge in [-0.25, -0.2) is 0 Å². The van der Waals surface area contributed by atoms with Crippen LogP contribution < -0.4 is 15.1 Å². The van der Waals surface area contributed by atoms with Crippen LogP contribution in [0.3, 0.4) is 0 Å². The van der Waals surface area contributed by atoms with Gasteiger partial charge in [0.15, 0.2) is 5.65 Å². The Morgan fingerprint density at radius 1 is 1.03 bits per heavy atom. The molecule has 10 heteroatoms. The van der Waals surface area contributed by atoms with Crippen LogP contribution in [-0.2, 0) is 4.79 Å². The minimum Gasteiger partial charge on any atom is -0.367 e. The molecule has 2 aliphatic rings. The molecule has 0 saturated carbocycles. The molecule has 0 spiro atoms. The first-order chi connectivity index (χ1) is 15.6. The van der Waals surface area contributed by atoms with Gasteiger partial charge >= 0.3 is 0 Å². The van der Waals surface area contributed by atoms with Crippen molar-refractivity contribution in [2.45, 2.75) is 12.8 Å². The van der Waals surface area contributed by atoms with E-state index >= 15 is 0 Å². The van der Waals surface area contributed by atoms with Gasteiger partial charge in [-0.05, 0) is 50.2 Å². The Hall–Kier alpha value is -2.91. The monoisotopic (exact) mass is 454 g/mol. The topological polar surface area (TPSA) is 81.9 Å². The molecule has 9 nitrogen and oxygen atoms in total. The highest BCUT2D eigenvalue weighted by atomic mass is 35.5. The number of carbonyl (C=O) groups is 1. The van der Waals surface area contributed by atoms with Crippen LogP contribution in [0.1, 0.15) is 12.8 Å². The molecule has 0 atom stereocenters. The second-order valence-corrected chi connectivity index (χ2v) is 8.96. The van der Waals surface area contributed by atoms with E-state index in [4.69, 9.17) is 11.6 Å². The third-order valence-electron chi connectivity index (χ3n) is 6.40. The Bertz CT molecular complexity index is 1100. The highest BCUT2D eigenvalue weighted by Gasteiger charge is 2.27. The first kappa shape index (κ1) is 21.0. The van der Waals surface area contributed by atoms with E-state index in [0.29, 0.717) is 5.02 Å². The number of hydrogen-bond donors (Lipinski definition) is 1. The lowest BCUT2D eigenvalue weighted by atomic mass is 9.95. The number of piperidine rings is 1. The lowest BCUT2D eigenvalue weighted by Crippen LogP contribution is -2.45. The number of likely N-dealkylation sites (N-methyl/N-ethyl adjacent to an activating group) is 1. The molecule has 2 fully saturated rings. The first-order valence-corrected chi connectivity index (χ1v) is 11.4. The molecule has 0 bridgehead atoms. The molecule has 3 aromatic rings. The van der Waals surface area contributed by atoms with Crippen molar-refractivity contribution in [3.8, 4) is 0 Å². The third kappa shape index (κ3) is 4.35. The maximum Gasteiger partial charge on any atom is 0.227 e. The van der Waals surface area contributed by atoms with Crippen LogP contribution in [0.2, 0.25) is 5.02 Å². The predicted octanol–water partition coefficient (Wildman–Crippen LogP) is 2.38. The van der Waals surface area contributed by atoms with Gasteiger partial charge in [0, 0.05) is 50.2 Å². The van der Waals surface area contributed by atoms with Crippen LogP contribution in [0.4, 0.5) is 17.2 Å². The summed E-state index contributed by atoms with van der Waals surface area (Å²) in [6.45, 7) is 5.43. The second-order valence-electron chi connectivity index (χ2n) is 8.53. The van der Waals surface area contributed by atoms with Gasteiger partial charge in [0.25, 0.3) is 0 Å². The minimum absolute atomic E-state index is 0.0378. The Balaban J connectivity index is 1.23. The number of nitrogens with zero attached hydrogens (tertiary/aromatic N) is 7. The third-order valence-corrected chi connectivity index (χ3v) is 6.63. The molecule has 0 unspecified atom stereocenters. The molecule has 2 aromatic heterocycles. The molecule has 5 rings (SSSR count). The van der Waals surface area contributed by atoms with Gasteiger partial charge in [0.05, 0.1) is 11.4 Å². The zero-order valence-corrected chi connectivity index (χ0v) is 18.9. The van der Waals surface area contributed by atoms with Crippen molar-refractivity contribution in [2.75, 3.05) is 61.4 Å². The fraction of sp³-hybridized carbons (Fsp3) is 0.455. The van der Waals surface area contributed by atoms with Gasteiger partial charge in [0.1, 0.15) is 12.1 Å². The number of anilines is 3. The number of hydrogen-bond acceptors (Lipinski definition) is 7. The second kappa shape index (κ2) is 8.91. The van der Waals surface area contributed by atoms with Crippen molar-refractivity contribution >= 4 is 40.3 Å². The number of piperazine rings is 1. The number of benzene rings is 1. The SMILES string of the molecule is CN1CCN(c2ccc(Cl)cc2NC(=O)C2CCN(c3ccc4nncn4n3)CC2)CC1. The number of halogens is 1. The van der Waals surface area contributed by atoms with E-state index in [1.54, 1.807) is 10.8 Å². The number of fused-ring (bicyclic) bond motifs is 1. The zero-order chi connectivity index (χ0) is 22.1. The van der Waals surface area contributed by atoms with Crippen molar-refractivity contribution in [1.82, 2.24) is 24.7 Å². The van der Waals surface area contributed by atoms with Gasteiger partial charge in [-0.3, -0.25) is 4.79 Å². The van der Waals surface area contributed by atoms with E-state index in [0.717, 1.165) is 74.9 Å². The average Bonchev–Trinajstić information content (AvgIpc) is 3.28. The fourth-order valence-corrected chi connectivity index (χ4v) is 4.60. The van der Waals surface area contributed by atoms with E-state index < -0.39 is 0 Å². The fourth-order valence-electron chi connectivity index (χ4n) is 4.42. The van der Waals surface area contributed by atoms with Crippen LogP contribution in [0.25, 0.3) is 5.65 Å². The van der Waals surface area contributed by atoms with Crippen molar-refractivity contribution in [3.05, 3.63) is 41.7 Å². The molecule has 0 radical (unpaired) electrons. The molecule has 4 heterocycles. The van der Waals surface area contributed by atoms with Gasteiger partial charge < -0.3 is 20.0 Å². The maximum atomic E-state index is 13.1. The van der Waals surface area contributed by atoms with Crippen LogP contribution >= 0.6 is 11.6 Å². The summed E-state index contributed by atoms with van der Waals surface area (Å²) in [5.74, 6) is 0.900. The van der Waals surface area contributed by atoms with E-state index in [1.165, 1.54) is 0 Å². The van der Waals surface area contributed by atoms with E-state index in [-0.39, 0.29) is 11.8 Å². The standard InChI is InChI=1S/C22H27ClN8O/c1-28-10-12-29(13-11-28)19-3-2-17(23)14-18(19)25-22(32)16-6-8-30(9-7-16)21-5-4-20-26-24-15-31(20)27-21/h2-5,14-16H,6-13H2,1H3,(H,25,32). The van der Waals surface area contributed by atoms with E-state index in [1.807, 2.05) is 30.3 Å². The molecule has 1 aromatic carbocycles. The molecule has 0 aliphatic carbocycles. The average molecular weight is 455 g/mol. The normalized spacial score (nSPS) is 18.3. The van der Waals surface area contributed by atoms with Crippen LogP contribution in [0.5, 0.6) is 0 Å². The van der Waals surface area contributed by atoms with Crippen LogP contribution in [0, 0.1) is 5.92 Å². The van der Waals surface area contributed by atoms with Crippen molar-refractivity contribution in [2.24, 2.45) is 5.92 Å². The molecular weight excluding hydrogens is 428 g/mol. The zero-order valence-electron chi connectivity index (χ0n) is 18.1. The van der Waals surface area contributed by atoms with E-state index in [2.05, 4.69) is 42.4 Å². The van der Waals surface area contributed by atoms with Gasteiger partial charge in [-0.2, -0.15) is 4.52 Å². The maximum absolute atomic E-state index is 13.1. The molecule has 2 saturated heterocycles. The smallest absolute Gasteiger partial charge is 0.227 e. The van der Waals surface area contributed by atoms with Crippen molar-refractivity contribution in [3.63, 3.8) is 0 Å². The molecule has 32 heavy (non-hydrogen) atoms. The Labute approximate surface area is 191 Å².